The number of nitrogens with zero attached hydrogens (tertiary/aromatic N) is 7. The van der Waals surface area contributed by atoms with Gasteiger partial charge in [-0.1, -0.05) is 98.3 Å². The van der Waals surface area contributed by atoms with Gasteiger partial charge in [-0.25, -0.2) is 29.9 Å². The first-order valence-electron chi connectivity index (χ1n) is 28.6. The molecule has 0 bridgehead atoms. The third kappa shape index (κ3) is 8.98. The minimum atomic E-state index is 0.561. The molecule has 3 aromatic heterocycles. The molecule has 11 rings (SSSR count). The highest BCUT2D eigenvalue weighted by Gasteiger charge is 2.27. The number of benzene rings is 8. The highest BCUT2D eigenvalue weighted by molar-refractivity contribution is 6.72. The van der Waals surface area contributed by atoms with Gasteiger partial charge in [0.2, 0.25) is 0 Å². The molecule has 0 saturated carbocycles. The smallest absolute Gasteiger partial charge is 0.166 e. The Kier molecular flexibility index (Phi) is 14.5. The van der Waals surface area contributed by atoms with E-state index in [4.69, 9.17) is 29.9 Å². The largest absolute Gasteiger partial charge is 0.309 e. The Hall–Kier alpha value is -7.12. The fourth-order valence-corrected chi connectivity index (χ4v) is 12.9. The van der Waals surface area contributed by atoms with Gasteiger partial charge in [-0.3, -0.25) is 0 Å². The van der Waals surface area contributed by atoms with E-state index in [0.717, 1.165) is 66.4 Å². The number of fused-ring (bicyclic) bond motifs is 3. The lowest BCUT2D eigenvalue weighted by Gasteiger charge is -2.23. The monoisotopic (exact) mass is 1020 g/mol. The van der Waals surface area contributed by atoms with Crippen LogP contribution < -0.4 is 109 Å². The molecule has 27 heteroatoms. The first-order chi connectivity index (χ1) is 38.5. The topological polar surface area (TPSA) is 82.3 Å². The SMILES string of the molecule is Bc1c(B)c(B)c(-c2nc(-c3ccc(-n4c5ccccc5c5cc(-c6ccccc6)ccc54)c(-c4nc(-c5c(B)c(B)c(B)c(B)c5B)nc(-c5c(B)c(B)c(B)c(B)c5B)n4)c3)nc(-c3c(B)c(B)c(B)c(B)c3B)n2)c(B)c1B. The van der Waals surface area contributed by atoms with Crippen molar-refractivity contribution in [2.75, 3.05) is 0 Å². The molecule has 0 unspecified atom stereocenters. The molecule has 366 valence electrons. The zero-order valence-electron chi connectivity index (χ0n) is 51.3. The van der Waals surface area contributed by atoms with Crippen LogP contribution in [0.25, 0.3) is 107 Å². The van der Waals surface area contributed by atoms with Gasteiger partial charge in [0.25, 0.3) is 0 Å². The molecular weight excluding hydrogens is 963 g/mol. The molecule has 0 atom stereocenters. The Balaban J connectivity index is 1.29. The summed E-state index contributed by atoms with van der Waals surface area (Å²) in [7, 11) is 44.3. The van der Waals surface area contributed by atoms with Crippen molar-refractivity contribution in [3.63, 3.8) is 0 Å². The van der Waals surface area contributed by atoms with Gasteiger partial charge < -0.3 is 4.57 Å². The predicted octanol–water partition coefficient (Wildman–Crippen LogP) is -22.0. The maximum Gasteiger partial charge on any atom is 0.166 e. The minimum absolute atomic E-state index is 0.561. The summed E-state index contributed by atoms with van der Waals surface area (Å²) >= 11 is 0. The molecule has 0 saturated heterocycles. The standard InChI is InChI=1S/C54H55B20N7/c55-29-25(30(56)38(64)45(71)37(29)63)51-75-49(76-52(79-51)26-31(57)39(65)46(72)40(66)32(26)58)18-11-13-24(81-22-9-5-4-8-19(22)20-14-17(10-12-23(20)81)16-6-2-1-3-7-16)21(15-18)50-77-53(27-33(59)41(67)47(73)42(68)34(27)60)80-54(78-50)28-35(61)43(69)48(74)44(70)36(28)62/h1-15H,55-74H2. The second-order valence-corrected chi connectivity index (χ2v) is 23.3. The lowest BCUT2D eigenvalue weighted by molar-refractivity contribution is 1.06. The Morgan fingerprint density at radius 2 is 0.556 bits per heavy atom. The van der Waals surface area contributed by atoms with E-state index < -0.39 is 0 Å². The quantitative estimate of drug-likeness (QED) is 0.141. The minimum Gasteiger partial charge on any atom is -0.309 e. The molecule has 0 fully saturated rings. The average Bonchev–Trinajstić information content (AvgIpc) is 4.00. The molecule has 0 spiro atoms. The van der Waals surface area contributed by atoms with Crippen LogP contribution in [-0.2, 0) is 0 Å². The lowest BCUT2D eigenvalue weighted by atomic mass is 9.60. The summed E-state index contributed by atoms with van der Waals surface area (Å²) in [5, 5.41) is 2.31. The van der Waals surface area contributed by atoms with Crippen LogP contribution in [0.2, 0.25) is 0 Å². The van der Waals surface area contributed by atoms with E-state index in [0.29, 0.717) is 34.9 Å². The van der Waals surface area contributed by atoms with Gasteiger partial charge in [-0.2, -0.15) is 0 Å². The molecular formula is C54H55B20N7. The fourth-order valence-electron chi connectivity index (χ4n) is 12.9. The van der Waals surface area contributed by atoms with Crippen molar-refractivity contribution in [3.05, 3.63) is 91.0 Å². The van der Waals surface area contributed by atoms with Crippen LogP contribution in [0.3, 0.4) is 0 Å². The zero-order valence-corrected chi connectivity index (χ0v) is 51.3. The first-order valence-corrected chi connectivity index (χ1v) is 28.6. The van der Waals surface area contributed by atoms with E-state index in [-0.39, 0.29) is 0 Å². The maximum atomic E-state index is 5.72. The molecule has 0 aliphatic rings. The van der Waals surface area contributed by atoms with E-state index in [1.165, 1.54) is 115 Å². The molecule has 7 nitrogen and oxygen atoms in total. The van der Waals surface area contributed by atoms with Crippen molar-refractivity contribution < 1.29 is 0 Å². The van der Waals surface area contributed by atoms with Crippen LogP contribution in [0, 0.1) is 0 Å². The molecule has 3 heterocycles. The van der Waals surface area contributed by atoms with Crippen molar-refractivity contribution in [2.24, 2.45) is 0 Å². The molecule has 0 N–H and O–H groups in total. The highest BCUT2D eigenvalue weighted by Crippen LogP contribution is 2.39. The van der Waals surface area contributed by atoms with Crippen LogP contribution in [0.15, 0.2) is 91.0 Å². The molecule has 0 aliphatic carbocycles. The Morgan fingerprint density at radius 1 is 0.235 bits per heavy atom. The van der Waals surface area contributed by atoms with Crippen molar-refractivity contribution in [1.29, 1.82) is 0 Å². The molecule has 8 aromatic carbocycles. The number of hydrogen-bond acceptors (Lipinski definition) is 6. The van der Waals surface area contributed by atoms with Gasteiger partial charge in [0.1, 0.15) is 157 Å². The number of para-hydroxylation sites is 1. The first kappa shape index (κ1) is 55.8. The second-order valence-electron chi connectivity index (χ2n) is 23.3. The van der Waals surface area contributed by atoms with E-state index in [1.54, 1.807) is 0 Å². The van der Waals surface area contributed by atoms with Crippen molar-refractivity contribution in [3.8, 4) is 85.1 Å². The summed E-state index contributed by atoms with van der Waals surface area (Å²) in [6, 6.07) is 32.9. The van der Waals surface area contributed by atoms with E-state index in [9.17, 15) is 0 Å². The highest BCUT2D eigenvalue weighted by atomic mass is 15.1. The second kappa shape index (κ2) is 21.0. The van der Waals surface area contributed by atoms with Crippen LogP contribution in [0.1, 0.15) is 0 Å². The summed E-state index contributed by atoms with van der Waals surface area (Å²) in [5.74, 6) is 3.74. The normalized spacial score (nSPS) is 11.5. The third-order valence-corrected chi connectivity index (χ3v) is 19.7. The van der Waals surface area contributed by atoms with Crippen molar-refractivity contribution in [2.45, 2.75) is 0 Å². The predicted molar refractivity (Wildman–Crippen MR) is 409 cm³/mol. The summed E-state index contributed by atoms with van der Waals surface area (Å²) in [5.41, 5.74) is 35.7. The van der Waals surface area contributed by atoms with Crippen LogP contribution in [-0.4, -0.2) is 191 Å². The molecule has 11 aromatic rings. The Morgan fingerprint density at radius 3 is 0.963 bits per heavy atom. The van der Waals surface area contributed by atoms with Gasteiger partial charge in [0.05, 0.1) is 16.7 Å². The summed E-state index contributed by atoms with van der Waals surface area (Å²) < 4.78 is 2.40. The maximum absolute atomic E-state index is 5.72. The van der Waals surface area contributed by atoms with E-state index in [2.05, 4.69) is 252 Å². The van der Waals surface area contributed by atoms with E-state index in [1.807, 2.05) is 0 Å². The Labute approximate surface area is 495 Å². The Bertz CT molecular complexity index is 4260. The van der Waals surface area contributed by atoms with Crippen molar-refractivity contribution >= 4 is 288 Å². The van der Waals surface area contributed by atoms with Gasteiger partial charge in [-0.15, -0.1) is 65.6 Å². The van der Waals surface area contributed by atoms with Crippen molar-refractivity contribution in [1.82, 2.24) is 34.5 Å². The van der Waals surface area contributed by atoms with Gasteiger partial charge >= 0.3 is 0 Å². The van der Waals surface area contributed by atoms with Crippen LogP contribution in [0.4, 0.5) is 0 Å². The number of hydrogen-bond donors (Lipinski definition) is 0. The van der Waals surface area contributed by atoms with Crippen LogP contribution in [0.5, 0.6) is 0 Å². The van der Waals surface area contributed by atoms with E-state index >= 15 is 0 Å². The molecule has 0 amide bonds. The van der Waals surface area contributed by atoms with Gasteiger partial charge in [0.15, 0.2) is 34.9 Å². The molecule has 0 radical (unpaired) electrons. The summed E-state index contributed by atoms with van der Waals surface area (Å²) in [4.78, 5) is 33.7. The summed E-state index contributed by atoms with van der Waals surface area (Å²) in [6.45, 7) is 0. The molecule has 0 aliphatic heterocycles. The molecule has 81 heavy (non-hydrogen) atoms. The lowest BCUT2D eigenvalue weighted by Crippen LogP contribution is -2.55. The average molecular weight is 1020 g/mol. The number of rotatable bonds is 8. The van der Waals surface area contributed by atoms with Gasteiger partial charge in [0, 0.05) is 44.2 Å². The zero-order chi connectivity index (χ0) is 57.9. The van der Waals surface area contributed by atoms with Gasteiger partial charge in [-0.05, 0) is 47.5 Å². The van der Waals surface area contributed by atoms with Crippen LogP contribution >= 0.6 is 0 Å². The summed E-state index contributed by atoms with van der Waals surface area (Å²) in [6.07, 6.45) is 0. The third-order valence-electron chi connectivity index (χ3n) is 19.7. The fraction of sp³-hybridized carbons (Fsp3) is 0. The number of aromatic nitrogens is 7.